The summed E-state index contributed by atoms with van der Waals surface area (Å²) in [6, 6.07) is 6.64. The summed E-state index contributed by atoms with van der Waals surface area (Å²) in [5, 5.41) is 0. The van der Waals surface area contributed by atoms with Crippen molar-refractivity contribution in [2.24, 2.45) is 5.92 Å². The van der Waals surface area contributed by atoms with Crippen LogP contribution in [0.3, 0.4) is 0 Å². The second-order valence-corrected chi connectivity index (χ2v) is 19.2. The van der Waals surface area contributed by atoms with Crippen LogP contribution in [0.2, 0.25) is 13.1 Å². The van der Waals surface area contributed by atoms with Crippen LogP contribution in [0.15, 0.2) is 38.8 Å². The molecular formula is C19H31Cl2OSiTi. The Hall–Kier alpha value is 0.0112. The summed E-state index contributed by atoms with van der Waals surface area (Å²) < 4.78 is 8.39. The van der Waals surface area contributed by atoms with E-state index in [1.165, 1.54) is 22.3 Å². The second kappa shape index (κ2) is 9.64. The largest absolute Gasteiger partial charge is 0.147 e. The zero-order valence-corrected chi connectivity index (χ0v) is 20.5. The summed E-state index contributed by atoms with van der Waals surface area (Å²) in [6.45, 7) is 17.7. The number of halogens is 2. The van der Waals surface area contributed by atoms with Crippen molar-refractivity contribution in [3.05, 3.63) is 49.9 Å². The summed E-state index contributed by atoms with van der Waals surface area (Å²) in [4.78, 5) is 0. The molecule has 0 radical (unpaired) electrons. The molecule has 0 fully saturated rings. The molecule has 1 aliphatic carbocycles. The van der Waals surface area contributed by atoms with E-state index < -0.39 is 24.2 Å². The van der Waals surface area contributed by atoms with Gasteiger partial charge in [-0.15, -0.1) is 24.8 Å². The van der Waals surface area contributed by atoms with Gasteiger partial charge in [0.05, 0.1) is 0 Å². The van der Waals surface area contributed by atoms with Gasteiger partial charge in [0.15, 0.2) is 0 Å². The Balaban J connectivity index is 0.00000264. The number of allylic oxidation sites excluding steroid dienone is 4. The Kier molecular flexibility index (Phi) is 9.64. The predicted molar refractivity (Wildman–Crippen MR) is 110 cm³/mol. The Morgan fingerprint density at radius 3 is 1.75 bits per heavy atom. The second-order valence-electron chi connectivity index (χ2n) is 7.01. The van der Waals surface area contributed by atoms with Crippen LogP contribution in [0.25, 0.3) is 0 Å². The first kappa shape index (κ1) is 24.0. The zero-order chi connectivity index (χ0) is 16.6. The van der Waals surface area contributed by atoms with Crippen molar-refractivity contribution in [2.45, 2.75) is 54.6 Å². The molecule has 1 nitrogen and oxygen atoms in total. The average Bonchev–Trinajstić information content (AvgIpc) is 2.60. The molecule has 0 amide bonds. The van der Waals surface area contributed by atoms with Gasteiger partial charge in [0, 0.05) is 0 Å². The number of benzene rings is 1. The van der Waals surface area contributed by atoms with E-state index in [0.29, 0.717) is 5.92 Å². The summed E-state index contributed by atoms with van der Waals surface area (Å²) in [5.41, 5.74) is 7.19. The van der Waals surface area contributed by atoms with Gasteiger partial charge in [-0.25, -0.2) is 0 Å². The van der Waals surface area contributed by atoms with Gasteiger partial charge in [-0.05, 0) is 0 Å². The normalized spacial score (nSPS) is 17.0. The predicted octanol–water partition coefficient (Wildman–Crippen LogP) is 6.30. The molecule has 1 aromatic rings. The van der Waals surface area contributed by atoms with E-state index in [9.17, 15) is 0 Å². The minimum Gasteiger partial charge on any atom is -0.147 e. The van der Waals surface area contributed by atoms with Gasteiger partial charge >= 0.3 is 144 Å². The van der Waals surface area contributed by atoms with Crippen molar-refractivity contribution in [2.75, 3.05) is 0 Å². The molecule has 1 aliphatic rings. The monoisotopic (exact) mass is 421 g/mol. The van der Waals surface area contributed by atoms with Gasteiger partial charge in [-0.3, -0.25) is 0 Å². The van der Waals surface area contributed by atoms with Crippen molar-refractivity contribution < 1.29 is 20.8 Å². The molecule has 135 valence electrons. The molecule has 0 heterocycles. The summed E-state index contributed by atoms with van der Waals surface area (Å²) >= 11 is -1.67. The van der Waals surface area contributed by atoms with Crippen molar-refractivity contribution in [1.82, 2.24) is 0 Å². The van der Waals surface area contributed by atoms with Crippen LogP contribution < -0.4 is 3.32 Å². The van der Waals surface area contributed by atoms with Crippen molar-refractivity contribution in [3.63, 3.8) is 0 Å². The maximum Gasteiger partial charge on any atom is -0.147 e. The SMILES string of the molecule is CC1=C(C)C(C)[C]([Ti]([O]c2cc(C)cc(C)c2)[SiH](C)C)=C1C.Cl.Cl. The molecule has 1 unspecified atom stereocenters. The zero-order valence-electron chi connectivity index (χ0n) is 16.1. The van der Waals surface area contributed by atoms with Gasteiger partial charge in [0.25, 0.3) is 0 Å². The Bertz CT molecular complexity index is 633. The molecule has 0 aromatic heterocycles. The maximum absolute atomic E-state index is 6.70. The smallest absolute Gasteiger partial charge is 0.147 e. The van der Waals surface area contributed by atoms with Gasteiger partial charge in [0.2, 0.25) is 0 Å². The Morgan fingerprint density at radius 2 is 1.38 bits per heavy atom. The first-order valence-electron chi connectivity index (χ1n) is 8.24. The van der Waals surface area contributed by atoms with E-state index in [2.05, 4.69) is 72.8 Å². The first-order chi connectivity index (χ1) is 10.2. The molecular weight excluding hydrogens is 391 g/mol. The third-order valence-electron chi connectivity index (χ3n) is 4.85. The number of rotatable bonds is 4. The van der Waals surface area contributed by atoms with E-state index in [1.54, 1.807) is 9.45 Å². The molecule has 1 atom stereocenters. The quantitative estimate of drug-likeness (QED) is 0.518. The molecule has 5 heteroatoms. The van der Waals surface area contributed by atoms with Gasteiger partial charge in [-0.2, -0.15) is 0 Å². The summed E-state index contributed by atoms with van der Waals surface area (Å²) in [6.07, 6.45) is 0. The molecule has 0 aliphatic heterocycles. The van der Waals surface area contributed by atoms with E-state index in [1.807, 2.05) is 0 Å². The molecule has 0 spiro atoms. The molecule has 0 saturated carbocycles. The molecule has 2 rings (SSSR count). The standard InChI is InChI=1S/C9H13.C8H10O.C2H7Si.2ClH.Ti/c1-6-5-7(2)9(4)8(6)3;1-6-3-7(2)5-8(9)4-6;1-3-2;;;/h6H,1-4H3;3-5,9H,1-2H3;3H,1-2H3;2*1H;/q;;;;;+1/p-1. The van der Waals surface area contributed by atoms with Gasteiger partial charge in [0.1, 0.15) is 0 Å². The van der Waals surface area contributed by atoms with Crippen molar-refractivity contribution >= 4 is 31.5 Å². The third-order valence-corrected chi connectivity index (χ3v) is 15.4. The number of hydrogen-bond acceptors (Lipinski definition) is 1. The minimum absolute atomic E-state index is 0. The van der Waals surface area contributed by atoms with Crippen LogP contribution in [0.4, 0.5) is 0 Å². The topological polar surface area (TPSA) is 9.23 Å². The Morgan fingerprint density at radius 1 is 0.875 bits per heavy atom. The van der Waals surface area contributed by atoms with Crippen molar-refractivity contribution in [1.29, 1.82) is 0 Å². The van der Waals surface area contributed by atoms with Crippen LogP contribution in [0, 0.1) is 19.8 Å². The number of aryl methyl sites for hydroxylation is 2. The minimum atomic E-state index is -1.67. The average molecular weight is 422 g/mol. The van der Waals surface area contributed by atoms with E-state index in [0.717, 1.165) is 5.75 Å². The fourth-order valence-corrected chi connectivity index (χ4v) is 13.4. The molecule has 0 saturated heterocycles. The van der Waals surface area contributed by atoms with E-state index >= 15 is 0 Å². The van der Waals surface area contributed by atoms with Crippen molar-refractivity contribution in [3.8, 4) is 5.75 Å². The van der Waals surface area contributed by atoms with E-state index in [4.69, 9.17) is 3.32 Å². The van der Waals surface area contributed by atoms with Crippen LogP contribution in [0.5, 0.6) is 5.75 Å². The number of hydrogen-bond donors (Lipinski definition) is 0. The van der Waals surface area contributed by atoms with Crippen LogP contribution in [-0.4, -0.2) is 6.66 Å². The van der Waals surface area contributed by atoms with Crippen LogP contribution >= 0.6 is 24.8 Å². The van der Waals surface area contributed by atoms with Crippen LogP contribution in [0.1, 0.15) is 38.8 Å². The molecule has 1 aromatic carbocycles. The third kappa shape index (κ3) is 5.02. The van der Waals surface area contributed by atoms with Gasteiger partial charge < -0.3 is 0 Å². The Labute approximate surface area is 167 Å². The molecule has 24 heavy (non-hydrogen) atoms. The van der Waals surface area contributed by atoms with Gasteiger partial charge in [-0.1, -0.05) is 0 Å². The summed E-state index contributed by atoms with van der Waals surface area (Å²) in [5.74, 6) is 1.69. The van der Waals surface area contributed by atoms with E-state index in [-0.39, 0.29) is 24.8 Å². The first-order valence-corrected chi connectivity index (χ1v) is 15.2. The maximum atomic E-state index is 6.70. The summed E-state index contributed by atoms with van der Waals surface area (Å²) in [7, 11) is 0. The fraction of sp³-hybridized carbons (Fsp3) is 0.474. The van der Waals surface area contributed by atoms with Crippen LogP contribution in [-0.2, 0) is 17.5 Å². The fourth-order valence-electron chi connectivity index (χ4n) is 3.36. The molecule has 0 bridgehead atoms. The molecule has 0 N–H and O–H groups in total.